The van der Waals surface area contributed by atoms with Crippen LogP contribution in [0.5, 0.6) is 5.75 Å². The Bertz CT molecular complexity index is 6870. The number of nitrogens with zero attached hydrogens (tertiary/aromatic N) is 1. The zero-order chi connectivity index (χ0) is 97.2. The molecule has 0 amide bonds. The molecule has 0 fully saturated rings. The molecule has 0 heterocycles. The van der Waals surface area contributed by atoms with Gasteiger partial charge in [0, 0.05) is 132 Å². The van der Waals surface area contributed by atoms with E-state index in [1.165, 1.54) is 146 Å². The summed E-state index contributed by atoms with van der Waals surface area (Å²) in [4.78, 5) is 121. The van der Waals surface area contributed by atoms with Crippen LogP contribution < -0.4 is 23.6 Å². The second-order valence-corrected chi connectivity index (χ2v) is 36.1. The summed E-state index contributed by atoms with van der Waals surface area (Å²) >= 11 is 29.1. The number of sulfonamides is 4. The fraction of sp³-hybridized carbons (Fsp3) is 0.0769. The number of halogens is 5. The van der Waals surface area contributed by atoms with Crippen molar-refractivity contribution in [1.29, 1.82) is 0 Å². The molecule has 0 radical (unpaired) electrons. The number of ketones is 10. The number of anilines is 4. The van der Waals surface area contributed by atoms with Crippen LogP contribution in [-0.2, 0) is 94.6 Å². The van der Waals surface area contributed by atoms with Crippen molar-refractivity contribution in [3.8, 4) is 5.75 Å². The summed E-state index contributed by atoms with van der Waals surface area (Å²) in [6, 6.07) is 60.5. The van der Waals surface area contributed by atoms with E-state index in [9.17, 15) is 117 Å². The topological polar surface area (TPSA) is 509 Å². The highest BCUT2D eigenvalue weighted by atomic mass is 35.5. The molecule has 11 aromatic rings. The van der Waals surface area contributed by atoms with Crippen LogP contribution in [0.25, 0.3) is 39.6 Å². The highest BCUT2D eigenvalue weighted by Crippen LogP contribution is 2.33. The second-order valence-electron chi connectivity index (χ2n) is 27.3. The Kier molecular flexibility index (Phi) is 37.0. The fourth-order valence-corrected chi connectivity index (χ4v) is 15.9. The molecule has 40 heteroatoms. The van der Waals surface area contributed by atoms with E-state index in [0.29, 0.717) is 22.9 Å². The molecule has 0 spiro atoms. The first-order chi connectivity index (χ1) is 61.4. The quantitative estimate of drug-likeness (QED) is 0.00640. The first-order valence-electron chi connectivity index (χ1n) is 37.4. The number of nitrogens with one attached hydrogen (secondary N) is 4. The normalized spacial score (nSPS) is 11.7. The number of rotatable bonds is 31. The Hall–Kier alpha value is -14.3. The maximum atomic E-state index is 12.5. The van der Waals surface area contributed by atoms with Gasteiger partial charge in [-0.1, -0.05) is 173 Å². The van der Waals surface area contributed by atoms with E-state index in [-0.39, 0.29) is 90.4 Å². The molecule has 31 nitrogen and oxygen atoms in total. The summed E-state index contributed by atoms with van der Waals surface area (Å²) in [7, 11) is -15.9. The molecule has 0 saturated carbocycles. The average molecular weight is 1960 g/mol. The van der Waals surface area contributed by atoms with E-state index in [1.54, 1.807) is 43.3 Å². The molecule has 678 valence electrons. The number of ether oxygens (including phenoxy) is 1. The van der Waals surface area contributed by atoms with Gasteiger partial charge in [-0.15, -0.1) is 0 Å². The van der Waals surface area contributed by atoms with Crippen molar-refractivity contribution in [2.45, 2.75) is 67.7 Å². The predicted octanol–water partition coefficient (Wildman–Crippen LogP) is 18.1. The summed E-state index contributed by atoms with van der Waals surface area (Å²) in [5.41, 5.74) is 2.76. The van der Waals surface area contributed by atoms with Gasteiger partial charge in [-0.2, -0.15) is 0 Å². The van der Waals surface area contributed by atoms with Gasteiger partial charge in [-0.05, 0) is 150 Å². The lowest BCUT2D eigenvalue weighted by Crippen LogP contribution is -2.13. The largest absolute Gasteiger partial charge is 0.507 e. The van der Waals surface area contributed by atoms with Crippen molar-refractivity contribution in [3.63, 3.8) is 0 Å². The molecule has 0 bridgehead atoms. The number of benzene rings is 11. The van der Waals surface area contributed by atoms with Crippen molar-refractivity contribution in [2.24, 2.45) is 0 Å². The number of hydrogen-bond donors (Lipinski definition) is 9. The maximum absolute atomic E-state index is 12.5. The van der Waals surface area contributed by atoms with Crippen LogP contribution >= 0.6 is 58.0 Å². The van der Waals surface area contributed by atoms with E-state index in [1.807, 2.05) is 42.5 Å². The number of carbonyl (C=O) groups is 10. The van der Waals surface area contributed by atoms with E-state index in [2.05, 4.69) is 18.9 Å². The SMILES string of the molecule is CC(=O)C(=O)C=C(O)c1cccc(NS(=O)(=O)c2ccc(C)c(Cl)c2)c1.CC(=O)C(=O)C=C(O)c1cccc(NS(=O)(=O)c2ccc(Cl)c(Cl)c2)c1.CC(=O)C(=O)C=C(O)c1cccc(NS(=O)(=O)c2ccc(Cl)c([N+](=O)[O-])c2)c1.CC(=O)C(=O)C=C(O)c1cccc(NS(=O)(=O)c2cccc(Cl)c2)c1.CC(=O)C(=O)C=C(O)c1cccc(OCc2cccc3ccccc23)c1. The molecule has 0 aromatic heterocycles. The molecular weight excluding hydrogens is 1880 g/mol. The van der Waals surface area contributed by atoms with E-state index < -0.39 is 132 Å². The predicted molar refractivity (Wildman–Crippen MR) is 497 cm³/mol. The van der Waals surface area contributed by atoms with Crippen LogP contribution in [-0.4, -0.2) is 122 Å². The number of hydrogen-bond acceptors (Lipinski definition) is 26. The van der Waals surface area contributed by atoms with Crippen LogP contribution in [0.15, 0.2) is 293 Å². The van der Waals surface area contributed by atoms with Crippen molar-refractivity contribution in [1.82, 2.24) is 0 Å². The van der Waals surface area contributed by atoms with Gasteiger partial charge in [-0.3, -0.25) is 76.9 Å². The number of nitro benzene ring substituents is 1. The molecule has 0 unspecified atom stereocenters. The highest BCUT2D eigenvalue weighted by molar-refractivity contribution is 7.93. The Balaban J connectivity index is 0.000000224. The third-order valence-corrected chi connectivity index (χ3v) is 24.5. The number of aliphatic hydroxyl groups excluding tert-OH is 5. The number of aryl methyl sites for hydroxylation is 1. The summed E-state index contributed by atoms with van der Waals surface area (Å²) in [5, 5.41) is 63.6. The average Bonchev–Trinajstić information content (AvgIpc) is 0.816. The number of aliphatic hydroxyl groups is 5. The van der Waals surface area contributed by atoms with Gasteiger partial charge >= 0.3 is 0 Å². The molecule has 11 rings (SSSR count). The third-order valence-electron chi connectivity index (χ3n) is 17.3. The van der Waals surface area contributed by atoms with Gasteiger partial charge in [-0.25, -0.2) is 33.7 Å². The zero-order valence-corrected chi connectivity index (χ0v) is 76.0. The van der Waals surface area contributed by atoms with Crippen LogP contribution in [0.4, 0.5) is 28.4 Å². The molecule has 0 aliphatic heterocycles. The molecular formula is C91H74Cl5N5O26S4. The van der Waals surface area contributed by atoms with Crippen LogP contribution in [0, 0.1) is 17.0 Å². The van der Waals surface area contributed by atoms with Gasteiger partial charge in [0.25, 0.3) is 45.8 Å². The van der Waals surface area contributed by atoms with E-state index in [4.69, 9.17) is 62.7 Å². The van der Waals surface area contributed by atoms with Crippen molar-refractivity contribution in [3.05, 3.63) is 347 Å². The Morgan fingerprint density at radius 1 is 0.344 bits per heavy atom. The number of nitro groups is 1. The van der Waals surface area contributed by atoms with Gasteiger partial charge in [0.05, 0.1) is 34.6 Å². The van der Waals surface area contributed by atoms with Gasteiger partial charge in [0.1, 0.15) is 46.2 Å². The minimum Gasteiger partial charge on any atom is -0.507 e. The summed E-state index contributed by atoms with van der Waals surface area (Å²) in [6.07, 6.45) is 3.99. The number of allylic oxidation sites excluding steroid dienone is 5. The van der Waals surface area contributed by atoms with Crippen LogP contribution in [0.1, 0.15) is 73.6 Å². The lowest BCUT2D eigenvalue weighted by atomic mass is 10.1. The number of Topliss-reactive ketones (excluding diaryl/α,β-unsaturated/α-hetero) is 5. The fourth-order valence-electron chi connectivity index (χ4n) is 10.5. The Morgan fingerprint density at radius 3 is 1.02 bits per heavy atom. The lowest BCUT2D eigenvalue weighted by molar-refractivity contribution is -0.384. The van der Waals surface area contributed by atoms with Crippen LogP contribution in [0.3, 0.4) is 0 Å². The number of carbonyl (C=O) groups excluding carboxylic acids is 10. The van der Waals surface area contributed by atoms with Crippen LogP contribution in [0.2, 0.25) is 25.1 Å². The summed E-state index contributed by atoms with van der Waals surface area (Å²) in [5.74, 6) is -9.38. The Morgan fingerprint density at radius 2 is 0.656 bits per heavy atom. The minimum atomic E-state index is -4.20. The molecule has 0 saturated heterocycles. The van der Waals surface area contributed by atoms with Gasteiger partial charge < -0.3 is 30.3 Å². The molecule has 131 heavy (non-hydrogen) atoms. The van der Waals surface area contributed by atoms with Crippen molar-refractivity contribution < 1.29 is 117 Å². The lowest BCUT2D eigenvalue weighted by Gasteiger charge is -2.10. The molecule has 0 atom stereocenters. The minimum absolute atomic E-state index is 0.00924. The molecule has 0 aliphatic rings. The third kappa shape index (κ3) is 31.3. The summed E-state index contributed by atoms with van der Waals surface area (Å²) < 4.78 is 115. The molecule has 0 aliphatic carbocycles. The highest BCUT2D eigenvalue weighted by Gasteiger charge is 2.25. The zero-order valence-electron chi connectivity index (χ0n) is 69.0. The van der Waals surface area contributed by atoms with Gasteiger partial charge in [0.2, 0.25) is 28.9 Å². The van der Waals surface area contributed by atoms with Crippen molar-refractivity contribution in [2.75, 3.05) is 18.9 Å². The summed E-state index contributed by atoms with van der Waals surface area (Å²) in [6.45, 7) is 7.59. The smallest absolute Gasteiger partial charge is 0.289 e. The van der Waals surface area contributed by atoms with Gasteiger partial charge in [0.15, 0.2) is 28.9 Å². The standard InChI is InChI=1S/C22H18O4.C18H16ClNO5S.C17H13Cl2NO5S.C17H13ClN2O7S.C17H14ClNO5S/c1-15(23)21(24)13-22(25)17-8-5-10-19(12-17)26-14-18-9-4-7-16-6-2-3-11-20(16)18;1-11-6-7-15(9-16(11)19)26(24,25)20-14-5-3-4-13(8-14)18(23)10-17(22)12(2)21;1-10(21)16(22)9-17(23)11-3-2-4-12(7-11)20-26(24,25)13-5-6-14(18)15(19)8-13;1-10(21)16(22)9-17(23)11-3-2-4-12(7-11)19-28(26,27)13-5-6-14(18)15(8-13)20(24)25;1-11(20)16(21)10-17(22)12-4-2-6-14(8-12)19-25(23,24)15-7-3-5-13(18)9-15/h2-13,25H,14H2,1H3;3-10,20,23H,1-2H3;2-9,20,23H,1H3;2-9,19,23H,1H3;2-10,19,22H,1H3. The van der Waals surface area contributed by atoms with Crippen molar-refractivity contribution >= 4 is 224 Å². The first kappa shape index (κ1) is 104. The van der Waals surface area contributed by atoms with E-state index in [0.717, 1.165) is 105 Å². The first-order valence-corrected chi connectivity index (χ1v) is 45.2. The maximum Gasteiger partial charge on any atom is 0.289 e. The molecule has 9 N–H and O–H groups in total. The van der Waals surface area contributed by atoms with E-state index >= 15 is 0 Å². The monoisotopic (exact) mass is 1960 g/mol. The Labute approximate surface area is 774 Å². The number of fused-ring (bicyclic) bond motifs is 1. The second kappa shape index (κ2) is 46.6. The molecule has 11 aromatic carbocycles.